The molecule has 1 rings (SSSR count). The van der Waals surface area contributed by atoms with Crippen molar-refractivity contribution in [2.24, 2.45) is 0 Å². The first-order valence-corrected chi connectivity index (χ1v) is 2.83. The Bertz CT molecular complexity index is 68.9. The monoisotopic (exact) mass is 147 g/mol. The lowest BCUT2D eigenvalue weighted by atomic mass is 9.84. The molecule has 2 radical (unpaired) electrons. The summed E-state index contributed by atoms with van der Waals surface area (Å²) in [6.45, 7) is 0. The molecule has 0 aromatic heterocycles. The lowest BCUT2D eigenvalue weighted by Crippen LogP contribution is -2.59. The molecule has 0 atom stereocenters. The molecule has 1 heterocycles. The van der Waals surface area contributed by atoms with Crippen LogP contribution in [0.15, 0.2) is 0 Å². The minimum absolute atomic E-state index is 0.349. The van der Waals surface area contributed by atoms with Crippen LogP contribution in [0.1, 0.15) is 0 Å². The third-order valence-electron chi connectivity index (χ3n) is 0.719. The van der Waals surface area contributed by atoms with E-state index in [2.05, 4.69) is 10.3 Å². The maximum atomic E-state index is 5.55. The van der Waals surface area contributed by atoms with Crippen molar-refractivity contribution in [3.8, 4) is 0 Å². The van der Waals surface area contributed by atoms with Crippen LogP contribution in [-0.4, -0.2) is 25.7 Å². The molecule has 2 N–H and O–H groups in total. The smallest absolute Gasteiger partial charge is 0.378 e. The van der Waals surface area contributed by atoms with Gasteiger partial charge in [-0.1, -0.05) is 0 Å². The molecule has 0 aromatic rings. The quantitative estimate of drug-likeness (QED) is 0.337. The summed E-state index contributed by atoms with van der Waals surface area (Å²) in [4.78, 5) is 0. The first-order valence-electron chi connectivity index (χ1n) is 2.06. The number of hydrogen-bond acceptors (Lipinski definition) is 3. The summed E-state index contributed by atoms with van der Waals surface area (Å²) in [6.07, 6.45) is -0.349. The molecule has 0 amide bonds. The van der Waals surface area contributed by atoms with Crippen molar-refractivity contribution < 1.29 is 0 Å². The highest BCUT2D eigenvalue weighted by Crippen LogP contribution is 1.98. The van der Waals surface area contributed by atoms with Crippen molar-refractivity contribution in [1.29, 1.82) is 0 Å². The summed E-state index contributed by atoms with van der Waals surface area (Å²) in [5, 5.41) is 5.44. The van der Waals surface area contributed by atoms with Crippen LogP contribution in [0.2, 0.25) is 0 Å². The molecule has 8 heavy (non-hydrogen) atoms. The van der Waals surface area contributed by atoms with Gasteiger partial charge in [0.05, 0.1) is 0 Å². The topological polar surface area (TPSA) is 27.3 Å². The van der Waals surface area contributed by atoms with E-state index in [9.17, 15) is 0 Å². The van der Waals surface area contributed by atoms with Gasteiger partial charge in [0, 0.05) is 0 Å². The fraction of sp³-hybridized carbons (Fsp3) is 0. The van der Waals surface area contributed by atoms with E-state index < -0.39 is 0 Å². The molecule has 0 aliphatic carbocycles. The summed E-state index contributed by atoms with van der Waals surface area (Å²) < 4.78 is 1.29. The Kier molecular flexibility index (Phi) is 2.53. The van der Waals surface area contributed by atoms with E-state index in [1.54, 1.807) is 15.1 Å². The molecule has 40 valence electrons. The Hall–Kier alpha value is 0.655. The van der Waals surface area contributed by atoms with Gasteiger partial charge in [0.2, 0.25) is 0 Å². The normalized spacial score (nSPS) is 22.0. The van der Waals surface area contributed by atoms with Crippen molar-refractivity contribution in [2.45, 2.75) is 0 Å². The molecule has 8 heteroatoms. The number of halogens is 2. The number of hydrogen-bond donors (Lipinski definition) is 2. The van der Waals surface area contributed by atoms with Gasteiger partial charge < -0.3 is 10.3 Å². The molecule has 1 fully saturated rings. The van der Waals surface area contributed by atoms with E-state index in [1.165, 1.54) is 4.24 Å². The van der Waals surface area contributed by atoms with E-state index in [-0.39, 0.29) is 6.40 Å². The SMILES string of the molecule is ClB1N[B]N[B]N1Cl. The molecular weight excluding hydrogens is 145 g/mol. The maximum Gasteiger partial charge on any atom is 0.409 e. The minimum Gasteiger partial charge on any atom is -0.378 e. The predicted octanol–water partition coefficient (Wildman–Crippen LogP) is -1.07. The van der Waals surface area contributed by atoms with Crippen LogP contribution in [0.4, 0.5) is 0 Å². The van der Waals surface area contributed by atoms with Crippen molar-refractivity contribution in [3.05, 3.63) is 0 Å². The van der Waals surface area contributed by atoms with Gasteiger partial charge in [-0.05, 0) is 11.8 Å². The van der Waals surface area contributed by atoms with Crippen LogP contribution >= 0.6 is 23.2 Å². The van der Waals surface area contributed by atoms with Crippen molar-refractivity contribution in [2.75, 3.05) is 0 Å². The predicted molar refractivity (Wildman–Crippen MR) is 37.1 cm³/mol. The van der Waals surface area contributed by atoms with E-state index in [1.807, 2.05) is 0 Å². The van der Waals surface area contributed by atoms with Gasteiger partial charge in [0.1, 0.15) is 0 Å². The van der Waals surface area contributed by atoms with E-state index in [0.29, 0.717) is 0 Å². The third-order valence-corrected chi connectivity index (χ3v) is 1.45. The average Bonchev–Trinajstić information content (AvgIpc) is 1.77. The van der Waals surface area contributed by atoms with E-state index >= 15 is 0 Å². The zero-order chi connectivity index (χ0) is 5.98. The lowest BCUT2D eigenvalue weighted by molar-refractivity contribution is 1.02. The number of rotatable bonds is 0. The van der Waals surface area contributed by atoms with Crippen molar-refractivity contribution >= 4 is 44.7 Å². The van der Waals surface area contributed by atoms with Crippen LogP contribution in [0, 0.1) is 0 Å². The summed E-state index contributed by atoms with van der Waals surface area (Å²) in [7, 11) is 3.16. The van der Waals surface area contributed by atoms with Crippen LogP contribution in [0.5, 0.6) is 0 Å². The first kappa shape index (κ1) is 6.77. The zero-order valence-electron chi connectivity index (χ0n) is 3.94. The standard InChI is InChI=1S/B3Cl2H2N3/c4-3-7-1-6-2-8(3)5/h6-7H. The van der Waals surface area contributed by atoms with Crippen LogP contribution in [0.3, 0.4) is 0 Å². The van der Waals surface area contributed by atoms with Crippen molar-refractivity contribution in [1.82, 2.24) is 14.5 Å². The van der Waals surface area contributed by atoms with Gasteiger partial charge in [-0.15, -0.1) is 11.5 Å². The van der Waals surface area contributed by atoms with Gasteiger partial charge >= 0.3 is 13.9 Å². The molecular formula is H2B3Cl2N3. The second-order valence-electron chi connectivity index (χ2n) is 1.29. The minimum atomic E-state index is -0.349. The van der Waals surface area contributed by atoms with Crippen LogP contribution in [0.25, 0.3) is 0 Å². The average molecular weight is 147 g/mol. The first-order chi connectivity index (χ1) is 3.80. The molecule has 0 spiro atoms. The van der Waals surface area contributed by atoms with E-state index in [0.717, 1.165) is 0 Å². The Labute approximate surface area is 59.8 Å². The van der Waals surface area contributed by atoms with Gasteiger partial charge in [-0.2, -0.15) is 0 Å². The highest BCUT2D eigenvalue weighted by Gasteiger charge is 2.24. The van der Waals surface area contributed by atoms with E-state index in [4.69, 9.17) is 23.2 Å². The Morgan fingerprint density at radius 2 is 2.38 bits per heavy atom. The third kappa shape index (κ3) is 1.57. The largest absolute Gasteiger partial charge is 0.409 e. The Balaban J connectivity index is 2.28. The second kappa shape index (κ2) is 2.99. The fourth-order valence-electron chi connectivity index (χ4n) is 0.362. The van der Waals surface area contributed by atoms with Crippen LogP contribution < -0.4 is 10.3 Å². The van der Waals surface area contributed by atoms with Gasteiger partial charge in [0.15, 0.2) is 0 Å². The van der Waals surface area contributed by atoms with Gasteiger partial charge in [-0.3, -0.25) is 4.24 Å². The Morgan fingerprint density at radius 3 is 2.75 bits per heavy atom. The second-order valence-corrected chi connectivity index (χ2v) is 2.09. The lowest BCUT2D eigenvalue weighted by Gasteiger charge is -2.21. The summed E-state index contributed by atoms with van der Waals surface area (Å²) in [5.41, 5.74) is 0. The Morgan fingerprint density at radius 1 is 1.62 bits per heavy atom. The summed E-state index contributed by atoms with van der Waals surface area (Å²) in [6, 6.07) is 0. The molecule has 1 aliphatic heterocycles. The molecule has 1 saturated heterocycles. The highest BCUT2D eigenvalue weighted by atomic mass is 35.5. The highest BCUT2D eigenvalue weighted by molar-refractivity contribution is 7.11. The number of nitrogens with zero attached hydrogens (tertiary/aromatic N) is 1. The van der Waals surface area contributed by atoms with Gasteiger partial charge in [-0.25, -0.2) is 0 Å². The summed E-state index contributed by atoms with van der Waals surface area (Å²) >= 11 is 11.0. The molecule has 0 unspecified atom stereocenters. The molecule has 0 bridgehead atoms. The fourth-order valence-corrected chi connectivity index (χ4v) is 0.594. The van der Waals surface area contributed by atoms with Crippen molar-refractivity contribution in [3.63, 3.8) is 0 Å². The zero-order valence-corrected chi connectivity index (χ0v) is 5.45. The molecule has 3 nitrogen and oxygen atoms in total. The summed E-state index contributed by atoms with van der Waals surface area (Å²) in [5.74, 6) is 0. The number of nitrogens with one attached hydrogen (secondary N) is 2. The molecule has 1 aliphatic rings. The molecule has 0 saturated carbocycles. The molecule has 0 aromatic carbocycles. The maximum absolute atomic E-state index is 5.55. The van der Waals surface area contributed by atoms with Crippen LogP contribution in [-0.2, 0) is 0 Å². The van der Waals surface area contributed by atoms with Gasteiger partial charge in [0.25, 0.3) is 7.55 Å².